The van der Waals surface area contributed by atoms with Gasteiger partial charge < -0.3 is 15.0 Å². The van der Waals surface area contributed by atoms with Crippen LogP contribution in [0.15, 0.2) is 77.7 Å². The maximum atomic E-state index is 13.9. The molecular weight excluding hydrogens is 561 g/mol. The Balaban J connectivity index is 2.03. The monoisotopic (exact) mass is 591 g/mol. The Morgan fingerprint density at radius 3 is 2.18 bits per heavy atom. The fourth-order valence-corrected chi connectivity index (χ4v) is 5.78. The van der Waals surface area contributed by atoms with Crippen molar-refractivity contribution in [3.05, 3.63) is 88.4 Å². The van der Waals surface area contributed by atoms with Crippen molar-refractivity contribution in [3.8, 4) is 5.75 Å². The molecule has 0 bridgehead atoms. The Morgan fingerprint density at radius 2 is 1.62 bits per heavy atom. The molecule has 0 radical (unpaired) electrons. The fourth-order valence-electron chi connectivity index (χ4n) is 4.05. The molecule has 3 aromatic rings. The summed E-state index contributed by atoms with van der Waals surface area (Å²) < 4.78 is 34.1. The number of nitrogens with zero attached hydrogens (tertiary/aromatic N) is 2. The standard InChI is InChI=1S/C28H31Cl2N3O5S/c1-4-26(28(35)31-3)32(18-20-11-16-24(29)25(30)17-20)27(34)19-33(21-9-7-6-8-10-21)39(36,37)23-14-12-22(13-15-23)38-5-2/h6-17,26H,4-5,18-19H2,1-3H3,(H,31,35). The second-order valence-corrected chi connectivity index (χ2v) is 11.2. The lowest BCUT2D eigenvalue weighted by atomic mass is 10.1. The normalized spacial score (nSPS) is 11.9. The summed E-state index contributed by atoms with van der Waals surface area (Å²) in [6.07, 6.45) is 0.309. The van der Waals surface area contributed by atoms with Crippen molar-refractivity contribution in [2.75, 3.05) is 24.5 Å². The molecule has 2 amide bonds. The quantitative estimate of drug-likeness (QED) is 0.314. The van der Waals surface area contributed by atoms with E-state index in [4.69, 9.17) is 27.9 Å². The predicted octanol–water partition coefficient (Wildman–Crippen LogP) is 5.14. The average molecular weight is 593 g/mol. The van der Waals surface area contributed by atoms with Gasteiger partial charge in [0, 0.05) is 13.6 Å². The highest BCUT2D eigenvalue weighted by molar-refractivity contribution is 7.92. The summed E-state index contributed by atoms with van der Waals surface area (Å²) in [5, 5.41) is 3.25. The highest BCUT2D eigenvalue weighted by Gasteiger charge is 2.33. The molecule has 0 heterocycles. The Kier molecular flexibility index (Phi) is 10.6. The van der Waals surface area contributed by atoms with Gasteiger partial charge in [0.25, 0.3) is 10.0 Å². The first kappa shape index (κ1) is 30.3. The number of anilines is 1. The summed E-state index contributed by atoms with van der Waals surface area (Å²) in [7, 11) is -2.68. The third-order valence-corrected chi connectivity index (χ3v) is 8.54. The number of hydrogen-bond donors (Lipinski definition) is 1. The third kappa shape index (κ3) is 7.44. The first-order chi connectivity index (χ1) is 18.6. The number of halogens is 2. The summed E-state index contributed by atoms with van der Waals surface area (Å²) in [6.45, 7) is 3.54. The van der Waals surface area contributed by atoms with Crippen LogP contribution in [-0.4, -0.2) is 51.4 Å². The number of nitrogens with one attached hydrogen (secondary N) is 1. The van der Waals surface area contributed by atoms with Crippen LogP contribution in [0, 0.1) is 0 Å². The van der Waals surface area contributed by atoms with Gasteiger partial charge in [-0.2, -0.15) is 0 Å². The molecule has 1 N–H and O–H groups in total. The van der Waals surface area contributed by atoms with E-state index in [9.17, 15) is 18.0 Å². The number of amides is 2. The molecule has 0 saturated carbocycles. The van der Waals surface area contributed by atoms with Crippen LogP contribution in [-0.2, 0) is 26.2 Å². The molecule has 1 atom stereocenters. The van der Waals surface area contributed by atoms with Crippen LogP contribution in [0.25, 0.3) is 0 Å². The first-order valence-electron chi connectivity index (χ1n) is 12.4. The Hall–Kier alpha value is -3.27. The van der Waals surface area contributed by atoms with Crippen LogP contribution in [0.1, 0.15) is 25.8 Å². The molecular formula is C28H31Cl2N3O5S. The molecule has 0 spiro atoms. The van der Waals surface area contributed by atoms with E-state index < -0.39 is 28.5 Å². The van der Waals surface area contributed by atoms with Gasteiger partial charge in [-0.05, 0) is 67.4 Å². The minimum absolute atomic E-state index is 0.00279. The van der Waals surface area contributed by atoms with Gasteiger partial charge in [-0.25, -0.2) is 8.42 Å². The van der Waals surface area contributed by atoms with Crippen molar-refractivity contribution in [2.45, 2.75) is 37.8 Å². The molecule has 0 aromatic heterocycles. The van der Waals surface area contributed by atoms with Gasteiger partial charge >= 0.3 is 0 Å². The fraction of sp³-hybridized carbons (Fsp3) is 0.286. The molecule has 0 aliphatic rings. The second-order valence-electron chi connectivity index (χ2n) is 8.56. The molecule has 3 rings (SSSR count). The van der Waals surface area contributed by atoms with Crippen molar-refractivity contribution in [1.29, 1.82) is 0 Å². The zero-order valence-corrected chi connectivity index (χ0v) is 24.3. The zero-order chi connectivity index (χ0) is 28.6. The second kappa shape index (κ2) is 13.7. The molecule has 39 heavy (non-hydrogen) atoms. The number of hydrogen-bond acceptors (Lipinski definition) is 5. The van der Waals surface area contributed by atoms with Gasteiger partial charge in [0.1, 0.15) is 18.3 Å². The number of likely N-dealkylation sites (N-methyl/N-ethyl adjacent to an activating group) is 1. The predicted molar refractivity (Wildman–Crippen MR) is 154 cm³/mol. The number of rotatable bonds is 12. The lowest BCUT2D eigenvalue weighted by molar-refractivity contribution is -0.140. The number of para-hydroxylation sites is 1. The number of carbonyl (C=O) groups excluding carboxylic acids is 2. The van der Waals surface area contributed by atoms with E-state index in [0.717, 1.165) is 4.31 Å². The summed E-state index contributed by atoms with van der Waals surface area (Å²) in [6, 6.07) is 18.4. The van der Waals surface area contributed by atoms with Crippen LogP contribution in [0.5, 0.6) is 5.75 Å². The van der Waals surface area contributed by atoms with Crippen molar-refractivity contribution in [3.63, 3.8) is 0 Å². The number of benzene rings is 3. The summed E-state index contributed by atoms with van der Waals surface area (Å²) in [4.78, 5) is 28.0. The van der Waals surface area contributed by atoms with Crippen LogP contribution in [0.4, 0.5) is 5.69 Å². The van der Waals surface area contributed by atoms with E-state index in [1.54, 1.807) is 67.6 Å². The molecule has 3 aromatic carbocycles. The van der Waals surface area contributed by atoms with Crippen molar-refractivity contribution in [1.82, 2.24) is 10.2 Å². The highest BCUT2D eigenvalue weighted by Crippen LogP contribution is 2.27. The molecule has 0 aliphatic carbocycles. The van der Waals surface area contributed by atoms with E-state index in [1.165, 1.54) is 24.1 Å². The molecule has 0 aliphatic heterocycles. The van der Waals surface area contributed by atoms with Gasteiger partial charge in [0.15, 0.2) is 0 Å². The first-order valence-corrected chi connectivity index (χ1v) is 14.6. The van der Waals surface area contributed by atoms with E-state index >= 15 is 0 Å². The Labute approximate surface area is 239 Å². The SMILES string of the molecule is CCOc1ccc(S(=O)(=O)N(CC(=O)N(Cc2ccc(Cl)c(Cl)c2)C(CC)C(=O)NC)c2ccccc2)cc1. The number of sulfonamides is 1. The van der Waals surface area contributed by atoms with E-state index in [2.05, 4.69) is 5.32 Å². The lowest BCUT2D eigenvalue weighted by Gasteiger charge is -2.33. The molecule has 0 saturated heterocycles. The molecule has 208 valence electrons. The minimum atomic E-state index is -4.17. The summed E-state index contributed by atoms with van der Waals surface area (Å²) in [5.41, 5.74) is 0.947. The van der Waals surface area contributed by atoms with Crippen LogP contribution in [0.3, 0.4) is 0 Å². The van der Waals surface area contributed by atoms with Gasteiger partial charge in [-0.3, -0.25) is 13.9 Å². The average Bonchev–Trinajstić information content (AvgIpc) is 2.94. The minimum Gasteiger partial charge on any atom is -0.494 e. The largest absolute Gasteiger partial charge is 0.494 e. The number of carbonyl (C=O) groups is 2. The van der Waals surface area contributed by atoms with Gasteiger partial charge in [0.05, 0.1) is 27.2 Å². The van der Waals surface area contributed by atoms with Crippen LogP contribution < -0.4 is 14.4 Å². The molecule has 0 fully saturated rings. The zero-order valence-electron chi connectivity index (χ0n) is 21.9. The van der Waals surface area contributed by atoms with Crippen molar-refractivity contribution >= 4 is 50.7 Å². The molecule has 11 heteroatoms. The van der Waals surface area contributed by atoms with Gasteiger partial charge in [0.2, 0.25) is 11.8 Å². The highest BCUT2D eigenvalue weighted by atomic mass is 35.5. The van der Waals surface area contributed by atoms with Crippen LogP contribution in [0.2, 0.25) is 10.0 Å². The molecule has 1 unspecified atom stereocenters. The van der Waals surface area contributed by atoms with Crippen molar-refractivity contribution < 1.29 is 22.7 Å². The number of ether oxygens (including phenoxy) is 1. The summed E-state index contributed by atoms with van der Waals surface area (Å²) in [5.74, 6) is -0.399. The topological polar surface area (TPSA) is 96.0 Å². The lowest BCUT2D eigenvalue weighted by Crippen LogP contribution is -2.51. The maximum Gasteiger partial charge on any atom is 0.264 e. The summed E-state index contributed by atoms with van der Waals surface area (Å²) >= 11 is 12.2. The van der Waals surface area contributed by atoms with Gasteiger partial charge in [-0.1, -0.05) is 54.4 Å². The van der Waals surface area contributed by atoms with E-state index in [0.29, 0.717) is 40.1 Å². The Morgan fingerprint density at radius 1 is 0.949 bits per heavy atom. The van der Waals surface area contributed by atoms with E-state index in [-0.39, 0.29) is 17.3 Å². The van der Waals surface area contributed by atoms with E-state index in [1.807, 2.05) is 6.92 Å². The maximum absolute atomic E-state index is 13.9. The third-order valence-electron chi connectivity index (χ3n) is 6.02. The van der Waals surface area contributed by atoms with Crippen LogP contribution >= 0.6 is 23.2 Å². The smallest absolute Gasteiger partial charge is 0.264 e. The van der Waals surface area contributed by atoms with Gasteiger partial charge in [-0.15, -0.1) is 0 Å². The molecule has 8 nitrogen and oxygen atoms in total. The van der Waals surface area contributed by atoms with Crippen molar-refractivity contribution in [2.24, 2.45) is 0 Å². The Bertz CT molecular complexity index is 1390.